The Morgan fingerprint density at radius 2 is 1.71 bits per heavy atom. The van der Waals surface area contributed by atoms with Crippen molar-refractivity contribution in [2.75, 3.05) is 23.3 Å². The lowest BCUT2D eigenvalue weighted by molar-refractivity contribution is -0.129. The van der Waals surface area contributed by atoms with Crippen molar-refractivity contribution in [3.05, 3.63) is 72.0 Å². The van der Waals surface area contributed by atoms with Gasteiger partial charge in [0.25, 0.3) is 12.3 Å². The van der Waals surface area contributed by atoms with E-state index in [2.05, 4.69) is 25.7 Å². The van der Waals surface area contributed by atoms with E-state index in [1.807, 2.05) is 0 Å². The number of amides is 4. The van der Waals surface area contributed by atoms with Crippen molar-refractivity contribution < 1.29 is 47.0 Å². The third-order valence-corrected chi connectivity index (χ3v) is 9.11. The number of anilines is 2. The quantitative estimate of drug-likeness (QED) is 0.147. The van der Waals surface area contributed by atoms with Crippen LogP contribution >= 0.6 is 0 Å². The fourth-order valence-electron chi connectivity index (χ4n) is 6.13. The zero-order valence-corrected chi connectivity index (χ0v) is 33.2. The van der Waals surface area contributed by atoms with Crippen molar-refractivity contribution in [3.63, 3.8) is 0 Å². The highest BCUT2D eigenvalue weighted by molar-refractivity contribution is 6.03. The molecule has 3 N–H and O–H groups in total. The van der Waals surface area contributed by atoms with Gasteiger partial charge in [0.1, 0.15) is 29.3 Å². The Labute approximate surface area is 333 Å². The van der Waals surface area contributed by atoms with E-state index in [4.69, 9.17) is 13.9 Å². The van der Waals surface area contributed by atoms with Gasteiger partial charge in [-0.1, -0.05) is 12.1 Å². The Morgan fingerprint density at radius 3 is 2.36 bits per heavy atom. The van der Waals surface area contributed by atoms with Crippen molar-refractivity contribution in [3.8, 4) is 17.1 Å². The zero-order valence-electron chi connectivity index (χ0n) is 33.2. The number of piperidine rings is 1. The van der Waals surface area contributed by atoms with Gasteiger partial charge in [0.2, 0.25) is 11.8 Å². The largest absolute Gasteiger partial charge is 0.444 e. The van der Waals surface area contributed by atoms with Gasteiger partial charge in [0.05, 0.1) is 30.2 Å². The molecule has 0 unspecified atom stereocenters. The summed E-state index contributed by atoms with van der Waals surface area (Å²) in [7, 11) is 0. The second-order valence-electron chi connectivity index (χ2n) is 16.4. The number of aliphatic hydroxyl groups excluding tert-OH is 1. The number of aromatic nitrogens is 4. The van der Waals surface area contributed by atoms with Gasteiger partial charge in [-0.05, 0) is 103 Å². The van der Waals surface area contributed by atoms with Crippen LogP contribution in [0.4, 0.5) is 29.9 Å². The first kappa shape index (κ1) is 41.7. The Hall–Kier alpha value is -5.91. The van der Waals surface area contributed by atoms with E-state index < -0.39 is 59.5 Å². The number of nitrogens with zero attached hydrogens (tertiary/aromatic N) is 6. The van der Waals surface area contributed by atoms with Gasteiger partial charge in [0.15, 0.2) is 11.4 Å². The van der Waals surface area contributed by atoms with E-state index in [9.17, 15) is 33.1 Å². The van der Waals surface area contributed by atoms with Gasteiger partial charge in [-0.2, -0.15) is 5.10 Å². The van der Waals surface area contributed by atoms with Crippen LogP contribution in [0.3, 0.4) is 0 Å². The standard InChI is InChI=1S/C40H48F2N8O8/c1-39(2,3)57-37(54)48-20-27(51)13-14-30(48)35(53)44-18-23-9-11-26(12-10-23)50-21-28(32(47-50)33(41)42)45-34(52)29-22-56-36(46-29)25-15-16-43-31(17-25)49(19-24-7-8-24)38(55)58-40(4,5)6/h9-12,15-17,21-22,24,27,30,33,51H,7-8,13-14,18-20H2,1-6H3,(H,44,53)(H,45,52)/t27-,30+/m1/s1. The lowest BCUT2D eigenvalue weighted by Gasteiger charge is -2.37. The summed E-state index contributed by atoms with van der Waals surface area (Å²) in [5, 5.41) is 19.4. The average molecular weight is 807 g/mol. The second kappa shape index (κ2) is 16.9. The lowest BCUT2D eigenvalue weighted by atomic mass is 9.99. The lowest BCUT2D eigenvalue weighted by Crippen LogP contribution is -2.56. The van der Waals surface area contributed by atoms with E-state index in [1.165, 1.54) is 26.9 Å². The normalized spacial score (nSPS) is 17.2. The van der Waals surface area contributed by atoms with Gasteiger partial charge in [0, 0.05) is 24.8 Å². The maximum Gasteiger partial charge on any atom is 0.416 e. The summed E-state index contributed by atoms with van der Waals surface area (Å²) in [5.74, 6) is -0.528. The molecule has 0 radical (unpaired) electrons. The number of ether oxygens (including phenoxy) is 2. The van der Waals surface area contributed by atoms with Crippen LogP contribution in [0.15, 0.2) is 59.5 Å². The molecular formula is C40H48F2N8O8. The molecule has 2 aliphatic rings. The molecule has 0 spiro atoms. The fourth-order valence-corrected chi connectivity index (χ4v) is 6.13. The number of pyridine rings is 1. The van der Waals surface area contributed by atoms with Gasteiger partial charge >= 0.3 is 12.2 Å². The molecule has 4 heterocycles. The molecular weight excluding hydrogens is 758 g/mol. The van der Waals surface area contributed by atoms with Crippen LogP contribution in [0, 0.1) is 5.92 Å². The maximum atomic E-state index is 14.2. The Balaban J connectivity index is 1.10. The number of alkyl halides is 2. The molecule has 1 aliphatic carbocycles. The molecule has 16 nitrogen and oxygen atoms in total. The number of aliphatic hydroxyl groups is 1. The molecule has 310 valence electrons. The van der Waals surface area contributed by atoms with Crippen molar-refractivity contribution in [2.24, 2.45) is 5.92 Å². The predicted octanol–water partition coefficient (Wildman–Crippen LogP) is 6.64. The summed E-state index contributed by atoms with van der Waals surface area (Å²) in [4.78, 5) is 63.6. The number of carbonyl (C=O) groups excluding carboxylic acids is 4. The maximum absolute atomic E-state index is 14.2. The van der Waals surface area contributed by atoms with Gasteiger partial charge in [-0.15, -0.1) is 0 Å². The molecule has 1 aliphatic heterocycles. The van der Waals surface area contributed by atoms with E-state index in [1.54, 1.807) is 77.9 Å². The minimum Gasteiger partial charge on any atom is -0.444 e. The van der Waals surface area contributed by atoms with Crippen LogP contribution in [-0.4, -0.2) is 90.2 Å². The smallest absolute Gasteiger partial charge is 0.416 e. The fraction of sp³-hybridized carbons (Fsp3) is 0.475. The summed E-state index contributed by atoms with van der Waals surface area (Å²) in [6.45, 7) is 11.0. The number of likely N-dealkylation sites (tertiary alicyclic amines) is 1. The third kappa shape index (κ3) is 10.7. The number of carbonyl (C=O) groups is 4. The molecule has 6 rings (SSSR count). The highest BCUT2D eigenvalue weighted by Crippen LogP contribution is 2.33. The highest BCUT2D eigenvalue weighted by atomic mass is 19.3. The highest BCUT2D eigenvalue weighted by Gasteiger charge is 2.38. The van der Waals surface area contributed by atoms with Crippen LogP contribution in [0.1, 0.15) is 95.4 Å². The predicted molar refractivity (Wildman–Crippen MR) is 206 cm³/mol. The molecule has 2 fully saturated rings. The number of halogens is 2. The number of nitrogens with one attached hydrogen (secondary N) is 2. The minimum atomic E-state index is -3.03. The van der Waals surface area contributed by atoms with Crippen LogP contribution in [0.2, 0.25) is 0 Å². The summed E-state index contributed by atoms with van der Waals surface area (Å²) < 4.78 is 46.1. The SMILES string of the molecule is CC(C)(C)OC(=O)N(CC1CC1)c1cc(-c2nc(C(=O)Nc3cn(-c4ccc(CNC(=O)[C@@H]5CC[C@@H](O)CN5C(=O)OC(C)(C)C)cc4)nc3C(F)F)co2)ccn1. The number of rotatable bonds is 11. The molecule has 2 atom stereocenters. The molecule has 18 heteroatoms. The van der Waals surface area contributed by atoms with Crippen molar-refractivity contribution >= 4 is 35.5 Å². The molecule has 4 amide bonds. The van der Waals surface area contributed by atoms with Gasteiger partial charge in [-0.3, -0.25) is 19.4 Å². The Bertz CT molecular complexity index is 2120. The second-order valence-corrected chi connectivity index (χ2v) is 16.4. The molecule has 3 aromatic heterocycles. The Morgan fingerprint density at radius 1 is 1.00 bits per heavy atom. The monoisotopic (exact) mass is 806 g/mol. The number of β-amino-alcohol motifs (C(OH)–C–C–N with tert-alkyl or cyclic N) is 1. The van der Waals surface area contributed by atoms with Crippen LogP contribution in [0.5, 0.6) is 0 Å². The first-order valence-electron chi connectivity index (χ1n) is 19.0. The number of benzene rings is 1. The van der Waals surface area contributed by atoms with Crippen molar-refractivity contribution in [1.82, 2.24) is 30.0 Å². The molecule has 0 bridgehead atoms. The first-order chi connectivity index (χ1) is 27.3. The molecule has 1 saturated carbocycles. The van der Waals surface area contributed by atoms with E-state index in [-0.39, 0.29) is 36.8 Å². The first-order valence-corrected chi connectivity index (χ1v) is 19.0. The molecule has 1 aromatic carbocycles. The summed E-state index contributed by atoms with van der Waals surface area (Å²) in [6.07, 6.45) is 1.39. The zero-order chi connectivity index (χ0) is 41.9. The average Bonchev–Trinajstić information content (AvgIpc) is 3.65. The van der Waals surface area contributed by atoms with Crippen LogP contribution in [-0.2, 0) is 20.8 Å². The third-order valence-electron chi connectivity index (χ3n) is 9.11. The van der Waals surface area contributed by atoms with Gasteiger partial charge < -0.3 is 29.6 Å². The summed E-state index contributed by atoms with van der Waals surface area (Å²) in [5.41, 5.74) is -1.10. The van der Waals surface area contributed by atoms with Gasteiger partial charge in [-0.25, -0.2) is 33.0 Å². The topological polar surface area (TPSA) is 194 Å². The molecule has 4 aromatic rings. The minimum absolute atomic E-state index is 0.0292. The number of hydrogen-bond donors (Lipinski definition) is 3. The molecule has 1 saturated heterocycles. The summed E-state index contributed by atoms with van der Waals surface area (Å²) in [6, 6.07) is 8.95. The van der Waals surface area contributed by atoms with Crippen molar-refractivity contribution in [2.45, 2.75) is 104 Å². The van der Waals surface area contributed by atoms with E-state index >= 15 is 0 Å². The van der Waals surface area contributed by atoms with Crippen LogP contribution < -0.4 is 15.5 Å². The number of oxazole rings is 1. The van der Waals surface area contributed by atoms with E-state index in [0.29, 0.717) is 41.5 Å². The van der Waals surface area contributed by atoms with Crippen molar-refractivity contribution in [1.29, 1.82) is 0 Å². The molecule has 58 heavy (non-hydrogen) atoms. The number of hydrogen-bond acceptors (Lipinski definition) is 11. The Kier molecular flexibility index (Phi) is 12.2. The van der Waals surface area contributed by atoms with E-state index in [0.717, 1.165) is 19.1 Å². The van der Waals surface area contributed by atoms with Crippen LogP contribution in [0.25, 0.3) is 17.1 Å². The summed E-state index contributed by atoms with van der Waals surface area (Å²) >= 11 is 0.